The number of carbonyl (C=O) groups is 1. The van der Waals surface area contributed by atoms with E-state index in [9.17, 15) is 20.6 Å². The van der Waals surface area contributed by atoms with Gasteiger partial charge in [0.05, 0.1) is 35.5 Å². The molecule has 4 rings (SSSR count). The third kappa shape index (κ3) is 9.70. The smallest absolute Gasteiger partial charge is 0.450 e. The lowest BCUT2D eigenvalue weighted by molar-refractivity contribution is 0.0873. The maximum atomic E-state index is 12.4. The molecule has 3 fully saturated rings. The topological polar surface area (TPSA) is 117 Å². The van der Waals surface area contributed by atoms with Gasteiger partial charge in [-0.2, -0.15) is 25.5 Å². The van der Waals surface area contributed by atoms with Gasteiger partial charge < -0.3 is 14.5 Å². The monoisotopic (exact) mass is 694 g/mol. The fourth-order valence-electron chi connectivity index (χ4n) is 7.91. The summed E-state index contributed by atoms with van der Waals surface area (Å²) >= 11 is 0. The van der Waals surface area contributed by atoms with Crippen molar-refractivity contribution < 1.29 is 9.53 Å². The normalized spacial score (nSPS) is 20.7. The molecule has 4 aliphatic rings. The minimum absolute atomic E-state index is 0.0220. The average molecular weight is 695 g/mol. The Bertz CT molecular complexity index is 1780. The van der Waals surface area contributed by atoms with Crippen LogP contribution in [-0.4, -0.2) is 54.7 Å². The molecule has 1 amide bonds. The number of allylic oxidation sites excluding steroid dienone is 11. The van der Waals surface area contributed by atoms with Crippen LogP contribution in [0.25, 0.3) is 14.5 Å². The molecule has 10 heteroatoms. The average Bonchev–Trinajstić information content (AvgIpc) is 3.59. The van der Waals surface area contributed by atoms with Crippen molar-refractivity contribution in [2.75, 3.05) is 32.8 Å². The molecule has 0 bridgehead atoms. The molecule has 1 saturated heterocycles. The van der Waals surface area contributed by atoms with E-state index in [1.54, 1.807) is 24.0 Å². The maximum Gasteiger partial charge on any atom is 0.524 e. The summed E-state index contributed by atoms with van der Waals surface area (Å²) in [5.41, 5.74) is 5.09. The summed E-state index contributed by atoms with van der Waals surface area (Å²) in [7, 11) is 0. The van der Waals surface area contributed by atoms with Crippen LogP contribution >= 0.6 is 0 Å². The third-order valence-corrected chi connectivity index (χ3v) is 10.4. The summed E-state index contributed by atoms with van der Waals surface area (Å²) in [6.45, 7) is 27.2. The Kier molecular flexibility index (Phi) is 15.1. The Labute approximate surface area is 309 Å². The SMILES string of the molecule is [C-]#[N+]C([N+]#[C-])=C(/C(C#N)=C/C=C/C1=C(N2CCN(C(=O)OCC)CC2)C(=C/C=C/C(C#N)=C(/C2CCCCC2)C(C#N)[N+]#[C-])/CC1)C1CCCCC1. The number of hydrogen-bond acceptors (Lipinski definition) is 6. The van der Waals surface area contributed by atoms with Crippen LogP contribution in [-0.2, 0) is 4.74 Å². The first-order valence-electron chi connectivity index (χ1n) is 18.4. The quantitative estimate of drug-likeness (QED) is 0.128. The predicted molar refractivity (Wildman–Crippen MR) is 199 cm³/mol. The summed E-state index contributed by atoms with van der Waals surface area (Å²) in [5, 5.41) is 30.2. The van der Waals surface area contributed by atoms with Crippen molar-refractivity contribution in [3.05, 3.63) is 116 Å². The van der Waals surface area contributed by atoms with Crippen molar-refractivity contribution in [1.82, 2.24) is 9.80 Å². The van der Waals surface area contributed by atoms with Gasteiger partial charge in [-0.15, -0.1) is 0 Å². The van der Waals surface area contributed by atoms with Crippen molar-refractivity contribution in [2.24, 2.45) is 11.8 Å². The van der Waals surface area contributed by atoms with E-state index in [0.717, 1.165) is 93.9 Å². The highest BCUT2D eigenvalue weighted by atomic mass is 16.6. The predicted octanol–water partition coefficient (Wildman–Crippen LogP) is 9.14. The highest BCUT2D eigenvalue weighted by Crippen LogP contribution is 2.38. The second-order valence-electron chi connectivity index (χ2n) is 13.4. The van der Waals surface area contributed by atoms with E-state index in [1.165, 1.54) is 0 Å². The zero-order chi connectivity index (χ0) is 37.3. The number of hydrogen-bond donors (Lipinski definition) is 0. The molecule has 1 heterocycles. The van der Waals surface area contributed by atoms with Gasteiger partial charge in [0.1, 0.15) is 13.1 Å². The second-order valence-corrected chi connectivity index (χ2v) is 13.4. The number of amides is 1. The van der Waals surface area contributed by atoms with Crippen LogP contribution in [0.1, 0.15) is 84.0 Å². The second kappa shape index (κ2) is 20.1. The molecule has 266 valence electrons. The zero-order valence-electron chi connectivity index (χ0n) is 30.1. The van der Waals surface area contributed by atoms with E-state index in [4.69, 9.17) is 24.5 Å². The molecule has 0 N–H and O–H groups in total. The van der Waals surface area contributed by atoms with Crippen LogP contribution in [0.2, 0.25) is 0 Å². The van der Waals surface area contributed by atoms with Crippen LogP contribution in [0.4, 0.5) is 4.79 Å². The van der Waals surface area contributed by atoms with Gasteiger partial charge in [-0.3, -0.25) is 4.85 Å². The molecule has 0 spiro atoms. The molecule has 52 heavy (non-hydrogen) atoms. The largest absolute Gasteiger partial charge is 0.524 e. The van der Waals surface area contributed by atoms with Gasteiger partial charge in [0.15, 0.2) is 6.07 Å². The summed E-state index contributed by atoms with van der Waals surface area (Å²) in [6.07, 6.45) is 22.1. The van der Waals surface area contributed by atoms with Gasteiger partial charge in [0.25, 0.3) is 0 Å². The molecule has 1 atom stereocenters. The minimum atomic E-state index is -0.982. The van der Waals surface area contributed by atoms with Crippen molar-refractivity contribution in [3.8, 4) is 18.2 Å². The molecule has 0 aromatic rings. The molecule has 2 saturated carbocycles. The van der Waals surface area contributed by atoms with Crippen LogP contribution < -0.4 is 0 Å². The lowest BCUT2D eigenvalue weighted by atomic mass is 9.79. The zero-order valence-corrected chi connectivity index (χ0v) is 30.1. The number of nitrogens with zero attached hydrogens (tertiary/aromatic N) is 8. The first kappa shape index (κ1) is 39.0. The Morgan fingerprint density at radius 2 is 1.56 bits per heavy atom. The number of rotatable bonds is 10. The number of nitriles is 3. The van der Waals surface area contributed by atoms with Gasteiger partial charge in [0.2, 0.25) is 0 Å². The van der Waals surface area contributed by atoms with Crippen molar-refractivity contribution in [1.29, 1.82) is 15.8 Å². The molecular formula is C42H46N8O2. The van der Waals surface area contributed by atoms with E-state index in [2.05, 4.69) is 37.6 Å². The molecular weight excluding hydrogens is 649 g/mol. The van der Waals surface area contributed by atoms with E-state index >= 15 is 0 Å². The van der Waals surface area contributed by atoms with Gasteiger partial charge in [0, 0.05) is 37.4 Å². The van der Waals surface area contributed by atoms with Crippen LogP contribution in [0.3, 0.4) is 0 Å². The summed E-state index contributed by atoms with van der Waals surface area (Å²) in [6, 6.07) is 5.70. The first-order chi connectivity index (χ1) is 25.4. The lowest BCUT2D eigenvalue weighted by Crippen LogP contribution is -2.48. The van der Waals surface area contributed by atoms with Crippen molar-refractivity contribution >= 4 is 6.09 Å². The Hall–Kier alpha value is -5.81. The fraction of sp³-hybridized carbons (Fsp3) is 0.500. The van der Waals surface area contributed by atoms with Gasteiger partial charge in [-0.25, -0.2) is 11.4 Å². The first-order valence-corrected chi connectivity index (χ1v) is 18.4. The van der Waals surface area contributed by atoms with Crippen molar-refractivity contribution in [2.45, 2.75) is 90.0 Å². The number of piperazine rings is 1. The van der Waals surface area contributed by atoms with Crippen LogP contribution in [0, 0.1) is 65.5 Å². The Morgan fingerprint density at radius 3 is 2.12 bits per heavy atom. The molecule has 1 unspecified atom stereocenters. The molecule has 0 aromatic heterocycles. The lowest BCUT2D eigenvalue weighted by Gasteiger charge is -2.37. The molecule has 0 radical (unpaired) electrons. The Balaban J connectivity index is 1.72. The maximum absolute atomic E-state index is 12.4. The van der Waals surface area contributed by atoms with E-state index in [1.807, 2.05) is 24.3 Å². The molecule has 3 aliphatic carbocycles. The van der Waals surface area contributed by atoms with Gasteiger partial charge >= 0.3 is 18.0 Å². The fourth-order valence-corrected chi connectivity index (χ4v) is 7.91. The van der Waals surface area contributed by atoms with Gasteiger partial charge in [-0.05, 0) is 80.6 Å². The molecule has 0 aromatic carbocycles. The summed E-state index contributed by atoms with van der Waals surface area (Å²) in [4.78, 5) is 27.0. The Morgan fingerprint density at radius 1 is 0.904 bits per heavy atom. The molecule has 10 nitrogen and oxygen atoms in total. The van der Waals surface area contributed by atoms with Crippen LogP contribution in [0.5, 0.6) is 0 Å². The van der Waals surface area contributed by atoms with Crippen LogP contribution in [0.15, 0.2) is 81.4 Å². The van der Waals surface area contributed by atoms with E-state index in [-0.39, 0.29) is 23.8 Å². The third-order valence-electron chi connectivity index (χ3n) is 10.4. The standard InChI is InChI=1S/C42H46N8O2/c1-5-52-42(51)50-26-24-49(25-27-50)40-33(18-12-20-35(28-43)38(37(30-45)46-2)31-14-8-6-9-15-31)22-23-34(40)19-13-21-36(29-44)39(41(47-3)48-4)32-16-10-7-11-17-32/h12-13,18-21,31-32,37H,5-11,14-17,22-27H2,1H3/b19-13+,20-12+,33-18+,36-21+,38-35+. The number of ether oxygens (including phenoxy) is 1. The highest BCUT2D eigenvalue weighted by Gasteiger charge is 2.32. The van der Waals surface area contributed by atoms with E-state index < -0.39 is 6.04 Å². The van der Waals surface area contributed by atoms with E-state index in [0.29, 0.717) is 55.1 Å². The molecule has 1 aliphatic heterocycles. The summed E-state index contributed by atoms with van der Waals surface area (Å²) in [5.74, 6) is 0.0447. The highest BCUT2D eigenvalue weighted by molar-refractivity contribution is 5.67. The van der Waals surface area contributed by atoms with Gasteiger partial charge in [-0.1, -0.05) is 62.8 Å². The number of carbonyl (C=O) groups excluding carboxylic acids is 1. The summed E-state index contributed by atoms with van der Waals surface area (Å²) < 4.78 is 5.23. The van der Waals surface area contributed by atoms with Crippen molar-refractivity contribution in [3.63, 3.8) is 0 Å². The minimum Gasteiger partial charge on any atom is -0.450 e.